The third-order valence-electron chi connectivity index (χ3n) is 11.1. The van der Waals surface area contributed by atoms with Crippen molar-refractivity contribution in [2.75, 3.05) is 0 Å². The number of aliphatic carboxylic acids is 2. The van der Waals surface area contributed by atoms with Gasteiger partial charge < -0.3 is 10.2 Å². The smallest absolute Gasteiger partial charge is 0.303 e. The van der Waals surface area contributed by atoms with Gasteiger partial charge in [-0.3, -0.25) is 9.59 Å². The molecule has 0 radical (unpaired) electrons. The topological polar surface area (TPSA) is 74.6 Å². The Morgan fingerprint density at radius 3 is 1.60 bits per heavy atom. The van der Waals surface area contributed by atoms with Crippen molar-refractivity contribution in [2.24, 2.45) is 35.5 Å². The predicted octanol–water partition coefficient (Wildman–Crippen LogP) is 12.6. The molecule has 6 atom stereocenters. The Kier molecular flexibility index (Phi) is 21.6. The zero-order valence-corrected chi connectivity index (χ0v) is 29.8. The minimum Gasteiger partial charge on any atom is -0.481 e. The zero-order valence-electron chi connectivity index (χ0n) is 29.8. The average molecular weight is 629 g/mol. The molecular formula is C41H72O4. The number of rotatable bonds is 28. The third-order valence-corrected chi connectivity index (χ3v) is 11.1. The van der Waals surface area contributed by atoms with Gasteiger partial charge in [-0.1, -0.05) is 147 Å². The van der Waals surface area contributed by atoms with Gasteiger partial charge in [0.05, 0.1) is 0 Å². The van der Waals surface area contributed by atoms with E-state index in [4.69, 9.17) is 10.2 Å². The first-order valence-electron chi connectivity index (χ1n) is 19.7. The molecule has 0 aromatic carbocycles. The van der Waals surface area contributed by atoms with Crippen LogP contribution >= 0.6 is 0 Å². The van der Waals surface area contributed by atoms with Crippen molar-refractivity contribution >= 4 is 11.9 Å². The van der Waals surface area contributed by atoms with Crippen molar-refractivity contribution < 1.29 is 19.8 Å². The van der Waals surface area contributed by atoms with Gasteiger partial charge in [0, 0.05) is 12.8 Å². The van der Waals surface area contributed by atoms with Gasteiger partial charge in [-0.2, -0.15) is 0 Å². The van der Waals surface area contributed by atoms with Gasteiger partial charge >= 0.3 is 11.9 Å². The van der Waals surface area contributed by atoms with Crippen LogP contribution in [0.4, 0.5) is 0 Å². The number of carboxylic acids is 2. The van der Waals surface area contributed by atoms with Crippen molar-refractivity contribution in [1.29, 1.82) is 0 Å². The summed E-state index contributed by atoms with van der Waals surface area (Å²) in [4.78, 5) is 21.8. The Bertz CT molecular complexity index is 844. The minimum atomic E-state index is -0.668. The SMILES string of the molecule is CCCCCC1=CC(CCCCCCCC(=O)O)C(CCCCCCCC(=O)O)C2C=CC(CCCCC)C(CCCCC)C12. The van der Waals surface area contributed by atoms with Crippen LogP contribution in [0.15, 0.2) is 23.8 Å². The highest BCUT2D eigenvalue weighted by atomic mass is 16.4. The first-order chi connectivity index (χ1) is 21.9. The van der Waals surface area contributed by atoms with E-state index in [0.717, 1.165) is 62.2 Å². The molecule has 0 aromatic heterocycles. The number of hydrogen-bond donors (Lipinski definition) is 2. The van der Waals surface area contributed by atoms with Crippen molar-refractivity contribution in [1.82, 2.24) is 0 Å². The minimum absolute atomic E-state index is 0.305. The fraction of sp³-hybridized carbons (Fsp3) is 0.854. The molecule has 0 spiro atoms. The number of carboxylic acid groups (broad SMARTS) is 2. The first kappa shape index (κ1) is 39.6. The molecule has 0 aliphatic heterocycles. The second-order valence-corrected chi connectivity index (χ2v) is 14.7. The summed E-state index contributed by atoms with van der Waals surface area (Å²) in [6.07, 6.45) is 38.4. The van der Waals surface area contributed by atoms with Crippen molar-refractivity contribution in [2.45, 2.75) is 188 Å². The summed E-state index contributed by atoms with van der Waals surface area (Å²) < 4.78 is 0. The largest absolute Gasteiger partial charge is 0.481 e. The molecule has 260 valence electrons. The normalized spacial score (nSPS) is 24.4. The zero-order chi connectivity index (χ0) is 32.7. The monoisotopic (exact) mass is 629 g/mol. The maximum absolute atomic E-state index is 10.9. The molecule has 2 aliphatic rings. The van der Waals surface area contributed by atoms with Gasteiger partial charge in [0.15, 0.2) is 0 Å². The second-order valence-electron chi connectivity index (χ2n) is 14.7. The van der Waals surface area contributed by atoms with Gasteiger partial charge in [-0.15, -0.1) is 0 Å². The summed E-state index contributed by atoms with van der Waals surface area (Å²) in [6, 6.07) is 0. The first-order valence-corrected chi connectivity index (χ1v) is 19.7. The fourth-order valence-corrected chi connectivity index (χ4v) is 8.68. The van der Waals surface area contributed by atoms with Gasteiger partial charge in [0.1, 0.15) is 0 Å². The lowest BCUT2D eigenvalue weighted by Crippen LogP contribution is -2.41. The number of unbranched alkanes of at least 4 members (excludes halogenated alkanes) is 14. The quantitative estimate of drug-likeness (QED) is 0.0667. The highest BCUT2D eigenvalue weighted by Crippen LogP contribution is 2.53. The molecule has 0 amide bonds. The fourth-order valence-electron chi connectivity index (χ4n) is 8.68. The summed E-state index contributed by atoms with van der Waals surface area (Å²) >= 11 is 0. The molecule has 0 bridgehead atoms. The van der Waals surface area contributed by atoms with E-state index in [9.17, 15) is 9.59 Å². The Balaban J connectivity index is 2.24. The molecule has 0 heterocycles. The lowest BCUT2D eigenvalue weighted by molar-refractivity contribution is -0.138. The van der Waals surface area contributed by atoms with Crippen LogP contribution in [0.3, 0.4) is 0 Å². The van der Waals surface area contributed by atoms with Gasteiger partial charge in [-0.05, 0) is 86.9 Å². The van der Waals surface area contributed by atoms with Crippen molar-refractivity contribution in [3.63, 3.8) is 0 Å². The highest BCUT2D eigenvalue weighted by Gasteiger charge is 2.44. The summed E-state index contributed by atoms with van der Waals surface area (Å²) in [6.45, 7) is 7.00. The lowest BCUT2D eigenvalue weighted by atomic mass is 9.55. The number of fused-ring (bicyclic) bond motifs is 1. The van der Waals surface area contributed by atoms with E-state index in [2.05, 4.69) is 39.0 Å². The van der Waals surface area contributed by atoms with E-state index >= 15 is 0 Å². The van der Waals surface area contributed by atoms with E-state index in [1.54, 1.807) is 0 Å². The summed E-state index contributed by atoms with van der Waals surface area (Å²) in [5.41, 5.74) is 1.82. The van der Waals surface area contributed by atoms with Crippen LogP contribution < -0.4 is 0 Å². The van der Waals surface area contributed by atoms with Crippen molar-refractivity contribution in [3.05, 3.63) is 23.8 Å². The average Bonchev–Trinajstić information content (AvgIpc) is 3.01. The van der Waals surface area contributed by atoms with Crippen LogP contribution in [0.2, 0.25) is 0 Å². The summed E-state index contributed by atoms with van der Waals surface area (Å²) in [7, 11) is 0. The van der Waals surface area contributed by atoms with Crippen LogP contribution in [-0.4, -0.2) is 22.2 Å². The molecule has 6 unspecified atom stereocenters. The van der Waals surface area contributed by atoms with Crippen LogP contribution in [-0.2, 0) is 9.59 Å². The van der Waals surface area contributed by atoms with Crippen LogP contribution in [0.5, 0.6) is 0 Å². The molecule has 4 heteroatoms. The van der Waals surface area contributed by atoms with Gasteiger partial charge in [-0.25, -0.2) is 0 Å². The van der Waals surface area contributed by atoms with E-state index < -0.39 is 11.9 Å². The Morgan fingerprint density at radius 2 is 1.00 bits per heavy atom. The molecule has 2 rings (SSSR count). The van der Waals surface area contributed by atoms with Gasteiger partial charge in [0.25, 0.3) is 0 Å². The predicted molar refractivity (Wildman–Crippen MR) is 190 cm³/mol. The van der Waals surface area contributed by atoms with E-state index in [-0.39, 0.29) is 0 Å². The van der Waals surface area contributed by atoms with Crippen molar-refractivity contribution in [3.8, 4) is 0 Å². The van der Waals surface area contributed by atoms with Crippen LogP contribution in [0, 0.1) is 35.5 Å². The molecule has 45 heavy (non-hydrogen) atoms. The van der Waals surface area contributed by atoms with E-state index in [0.29, 0.717) is 24.7 Å². The number of allylic oxidation sites excluding steroid dienone is 4. The Morgan fingerprint density at radius 1 is 0.533 bits per heavy atom. The molecule has 0 saturated carbocycles. The van der Waals surface area contributed by atoms with Gasteiger partial charge in [0.2, 0.25) is 0 Å². The lowest BCUT2D eigenvalue weighted by Gasteiger charge is -2.49. The third kappa shape index (κ3) is 15.7. The molecule has 4 nitrogen and oxygen atoms in total. The molecule has 0 saturated heterocycles. The Hall–Kier alpha value is -1.58. The maximum atomic E-state index is 10.9. The number of hydrogen-bond acceptors (Lipinski definition) is 2. The van der Waals surface area contributed by atoms with Crippen LogP contribution in [0.25, 0.3) is 0 Å². The molecular weight excluding hydrogens is 556 g/mol. The molecule has 2 aliphatic carbocycles. The van der Waals surface area contributed by atoms with E-state index in [1.165, 1.54) is 116 Å². The molecule has 0 fully saturated rings. The standard InChI is InChI=1S/C41H72O4/c1-4-7-16-23-33-30-31-38-36(26-20-13-11-15-22-29-40(44)45)34(24-19-12-10-14-21-28-39(42)43)32-35(25-17-8-5-2)41(38)37(33)27-18-9-6-3/h30-34,36-38,41H,4-29H2,1-3H3,(H,42,43)(H,44,45). The number of carbonyl (C=O) groups is 2. The summed E-state index contributed by atoms with van der Waals surface area (Å²) in [5, 5.41) is 18.0. The molecule has 0 aromatic rings. The highest BCUT2D eigenvalue weighted by molar-refractivity contribution is 5.66. The second kappa shape index (κ2) is 24.6. The maximum Gasteiger partial charge on any atom is 0.303 e. The molecule has 2 N–H and O–H groups in total. The van der Waals surface area contributed by atoms with Crippen LogP contribution in [0.1, 0.15) is 188 Å². The Labute approximate surface area is 278 Å². The van der Waals surface area contributed by atoms with E-state index in [1.807, 2.05) is 5.57 Å². The summed E-state index contributed by atoms with van der Waals surface area (Å²) in [5.74, 6) is 2.98.